The van der Waals surface area contributed by atoms with E-state index in [1.54, 1.807) is 12.1 Å². The molecule has 0 spiro atoms. The molecule has 0 saturated carbocycles. The van der Waals surface area contributed by atoms with Gasteiger partial charge in [-0.15, -0.1) is 12.4 Å². The number of nitrogens with zero attached hydrogens (tertiary/aromatic N) is 1. The molecule has 1 aromatic rings. The quantitative estimate of drug-likeness (QED) is 0.757. The summed E-state index contributed by atoms with van der Waals surface area (Å²) in [5.74, 6) is -0.385. The van der Waals surface area contributed by atoms with Gasteiger partial charge in [0.05, 0.1) is 18.4 Å². The molecule has 0 aliphatic carbocycles. The van der Waals surface area contributed by atoms with Crippen molar-refractivity contribution < 1.29 is 9.53 Å². The van der Waals surface area contributed by atoms with Crippen molar-refractivity contribution in [1.82, 2.24) is 4.98 Å². The fraction of sp³-hybridized carbons (Fsp3) is 0.333. The number of pyridine rings is 1. The van der Waals surface area contributed by atoms with Crippen LogP contribution in [-0.2, 0) is 4.74 Å². The van der Waals surface area contributed by atoms with E-state index in [0.29, 0.717) is 5.56 Å². The fourth-order valence-electron chi connectivity index (χ4n) is 0.913. The predicted octanol–water partition coefficient (Wildman–Crippen LogP) is 1.31. The largest absolute Gasteiger partial charge is 0.465 e. The Hall–Kier alpha value is -1.13. The molecule has 0 bridgehead atoms. The molecule has 2 N–H and O–H groups in total. The SMILES string of the molecule is COC(=O)c1ccc([C@H](C)N)nc1.Cl. The molecule has 1 atom stereocenters. The van der Waals surface area contributed by atoms with E-state index >= 15 is 0 Å². The van der Waals surface area contributed by atoms with Crippen LogP contribution >= 0.6 is 12.4 Å². The number of esters is 1. The van der Waals surface area contributed by atoms with Crippen molar-refractivity contribution in [1.29, 1.82) is 0 Å². The second kappa shape index (κ2) is 5.57. The van der Waals surface area contributed by atoms with Crippen molar-refractivity contribution in [2.75, 3.05) is 7.11 Å². The molecule has 0 unspecified atom stereocenters. The lowest BCUT2D eigenvalue weighted by atomic mass is 10.2. The minimum Gasteiger partial charge on any atom is -0.465 e. The lowest BCUT2D eigenvalue weighted by molar-refractivity contribution is 0.0600. The van der Waals surface area contributed by atoms with Crippen molar-refractivity contribution in [3.05, 3.63) is 29.6 Å². The Bertz CT molecular complexity index is 298. The number of nitrogens with two attached hydrogens (primary N) is 1. The minimum atomic E-state index is -0.385. The van der Waals surface area contributed by atoms with Gasteiger partial charge in [-0.25, -0.2) is 4.79 Å². The van der Waals surface area contributed by atoms with Crippen LogP contribution in [0.25, 0.3) is 0 Å². The Morgan fingerprint density at radius 2 is 2.21 bits per heavy atom. The van der Waals surface area contributed by atoms with E-state index in [2.05, 4.69) is 9.72 Å². The molecule has 0 aliphatic heterocycles. The Balaban J connectivity index is 0.00000169. The van der Waals surface area contributed by atoms with Crippen LogP contribution in [0.3, 0.4) is 0 Å². The van der Waals surface area contributed by atoms with Gasteiger partial charge in [0.15, 0.2) is 0 Å². The Labute approximate surface area is 88.9 Å². The summed E-state index contributed by atoms with van der Waals surface area (Å²) in [7, 11) is 1.34. The summed E-state index contributed by atoms with van der Waals surface area (Å²) in [4.78, 5) is 15.0. The summed E-state index contributed by atoms with van der Waals surface area (Å²) >= 11 is 0. The van der Waals surface area contributed by atoms with Gasteiger partial charge in [-0.05, 0) is 19.1 Å². The molecule has 4 nitrogen and oxygen atoms in total. The van der Waals surface area contributed by atoms with Crippen molar-refractivity contribution in [2.45, 2.75) is 13.0 Å². The molecule has 0 radical (unpaired) electrons. The molecular weight excluding hydrogens is 204 g/mol. The highest BCUT2D eigenvalue weighted by molar-refractivity contribution is 5.88. The van der Waals surface area contributed by atoms with Gasteiger partial charge in [-0.2, -0.15) is 0 Å². The predicted molar refractivity (Wildman–Crippen MR) is 55.4 cm³/mol. The van der Waals surface area contributed by atoms with Crippen LogP contribution in [0.1, 0.15) is 29.0 Å². The number of rotatable bonds is 2. The molecule has 1 aromatic heterocycles. The molecule has 0 aliphatic rings. The maximum Gasteiger partial charge on any atom is 0.339 e. The van der Waals surface area contributed by atoms with Crippen molar-refractivity contribution >= 4 is 18.4 Å². The van der Waals surface area contributed by atoms with Crippen LogP contribution in [0.15, 0.2) is 18.3 Å². The Kier molecular flexibility index (Phi) is 5.12. The first-order chi connectivity index (χ1) is 6.15. The molecule has 0 aromatic carbocycles. The summed E-state index contributed by atoms with van der Waals surface area (Å²) in [6.07, 6.45) is 1.46. The zero-order chi connectivity index (χ0) is 9.84. The molecule has 0 fully saturated rings. The first-order valence-corrected chi connectivity index (χ1v) is 3.95. The third-order valence-electron chi connectivity index (χ3n) is 1.67. The van der Waals surface area contributed by atoms with Crippen LogP contribution in [0, 0.1) is 0 Å². The van der Waals surface area contributed by atoms with E-state index in [4.69, 9.17) is 5.73 Å². The van der Waals surface area contributed by atoms with Crippen molar-refractivity contribution in [3.8, 4) is 0 Å². The maximum absolute atomic E-state index is 11.0. The van der Waals surface area contributed by atoms with Gasteiger partial charge in [0, 0.05) is 12.2 Å². The molecule has 14 heavy (non-hydrogen) atoms. The summed E-state index contributed by atoms with van der Waals surface area (Å²) in [5, 5.41) is 0. The Morgan fingerprint density at radius 3 is 2.57 bits per heavy atom. The zero-order valence-corrected chi connectivity index (χ0v) is 8.88. The van der Waals surface area contributed by atoms with Crippen LogP contribution in [0.4, 0.5) is 0 Å². The van der Waals surface area contributed by atoms with Gasteiger partial charge in [-0.3, -0.25) is 4.98 Å². The van der Waals surface area contributed by atoms with E-state index in [1.165, 1.54) is 13.3 Å². The molecule has 5 heteroatoms. The van der Waals surface area contributed by atoms with Gasteiger partial charge in [0.1, 0.15) is 0 Å². The zero-order valence-electron chi connectivity index (χ0n) is 8.06. The number of ether oxygens (including phenoxy) is 1. The molecule has 1 heterocycles. The minimum absolute atomic E-state index is 0. The topological polar surface area (TPSA) is 65.2 Å². The highest BCUT2D eigenvalue weighted by Gasteiger charge is 2.06. The average Bonchev–Trinajstić information content (AvgIpc) is 2.17. The second-order valence-electron chi connectivity index (χ2n) is 2.75. The molecule has 78 valence electrons. The average molecular weight is 217 g/mol. The summed E-state index contributed by atoms with van der Waals surface area (Å²) < 4.78 is 4.53. The first-order valence-electron chi connectivity index (χ1n) is 3.95. The fourth-order valence-corrected chi connectivity index (χ4v) is 0.913. The standard InChI is InChI=1S/C9H12N2O2.ClH/c1-6(10)8-4-3-7(5-11-8)9(12)13-2;/h3-6H,10H2,1-2H3;1H/t6-;/m0./s1. The van der Waals surface area contributed by atoms with Gasteiger partial charge in [0.25, 0.3) is 0 Å². The number of carbonyl (C=O) groups excluding carboxylic acids is 1. The summed E-state index contributed by atoms with van der Waals surface area (Å²) in [5.41, 5.74) is 6.79. The van der Waals surface area contributed by atoms with Gasteiger partial charge >= 0.3 is 5.97 Å². The van der Waals surface area contributed by atoms with Gasteiger partial charge in [0.2, 0.25) is 0 Å². The number of hydrogen-bond donors (Lipinski definition) is 1. The van der Waals surface area contributed by atoms with Crippen molar-refractivity contribution in [2.24, 2.45) is 5.73 Å². The normalized spacial score (nSPS) is 11.4. The maximum atomic E-state index is 11.0. The van der Waals surface area contributed by atoms with Crippen LogP contribution in [0.2, 0.25) is 0 Å². The number of carbonyl (C=O) groups is 1. The van der Waals surface area contributed by atoms with E-state index in [9.17, 15) is 4.79 Å². The van der Waals surface area contributed by atoms with E-state index in [0.717, 1.165) is 5.69 Å². The van der Waals surface area contributed by atoms with Gasteiger partial charge < -0.3 is 10.5 Å². The highest BCUT2D eigenvalue weighted by atomic mass is 35.5. The molecule has 0 saturated heterocycles. The van der Waals surface area contributed by atoms with E-state index in [1.807, 2.05) is 6.92 Å². The Morgan fingerprint density at radius 1 is 1.57 bits per heavy atom. The third kappa shape index (κ3) is 2.97. The monoisotopic (exact) mass is 216 g/mol. The van der Waals surface area contributed by atoms with Crippen LogP contribution in [0.5, 0.6) is 0 Å². The van der Waals surface area contributed by atoms with Gasteiger partial charge in [-0.1, -0.05) is 0 Å². The first kappa shape index (κ1) is 12.9. The highest BCUT2D eigenvalue weighted by Crippen LogP contribution is 2.07. The third-order valence-corrected chi connectivity index (χ3v) is 1.67. The number of halogens is 1. The number of methoxy groups -OCH3 is 1. The van der Waals surface area contributed by atoms with Crippen LogP contribution < -0.4 is 5.73 Å². The molecular formula is C9H13ClN2O2. The molecule has 0 amide bonds. The lowest BCUT2D eigenvalue weighted by Crippen LogP contribution is -2.08. The van der Waals surface area contributed by atoms with E-state index < -0.39 is 0 Å². The van der Waals surface area contributed by atoms with Crippen molar-refractivity contribution in [3.63, 3.8) is 0 Å². The lowest BCUT2D eigenvalue weighted by Gasteiger charge is -2.04. The smallest absolute Gasteiger partial charge is 0.339 e. The number of aromatic nitrogens is 1. The summed E-state index contributed by atoms with van der Waals surface area (Å²) in [6, 6.07) is 3.25. The van der Waals surface area contributed by atoms with E-state index in [-0.39, 0.29) is 24.4 Å². The summed E-state index contributed by atoms with van der Waals surface area (Å²) in [6.45, 7) is 1.83. The molecule has 1 rings (SSSR count). The van der Waals surface area contributed by atoms with Crippen LogP contribution in [-0.4, -0.2) is 18.1 Å². The second-order valence-corrected chi connectivity index (χ2v) is 2.75. The number of hydrogen-bond acceptors (Lipinski definition) is 4.